The fourth-order valence-electron chi connectivity index (χ4n) is 2.31. The van der Waals surface area contributed by atoms with Crippen LogP contribution in [0.5, 0.6) is 0 Å². The van der Waals surface area contributed by atoms with Gasteiger partial charge in [0.25, 0.3) is 0 Å². The predicted molar refractivity (Wildman–Crippen MR) is 64.0 cm³/mol. The molecule has 0 saturated heterocycles. The van der Waals surface area contributed by atoms with Gasteiger partial charge in [0.15, 0.2) is 5.69 Å². The maximum atomic E-state index is 10.8. The van der Waals surface area contributed by atoms with Gasteiger partial charge in [0.1, 0.15) is 5.82 Å². The fraction of sp³-hybridized carbons (Fsp3) is 0.583. The summed E-state index contributed by atoms with van der Waals surface area (Å²) in [5.41, 5.74) is -0.0149. The van der Waals surface area contributed by atoms with Crippen LogP contribution in [0.15, 0.2) is 12.4 Å². The van der Waals surface area contributed by atoms with E-state index in [9.17, 15) is 4.79 Å². The second kappa shape index (κ2) is 5.12. The maximum absolute atomic E-state index is 10.8. The van der Waals surface area contributed by atoms with Gasteiger partial charge >= 0.3 is 5.97 Å². The highest BCUT2D eigenvalue weighted by Gasteiger charge is 2.19. The molecule has 1 heterocycles. The molecule has 0 aliphatic heterocycles. The van der Waals surface area contributed by atoms with Crippen LogP contribution in [0.3, 0.4) is 0 Å². The van der Waals surface area contributed by atoms with Crippen molar-refractivity contribution in [2.45, 2.75) is 38.6 Å². The van der Waals surface area contributed by atoms with Gasteiger partial charge in [0, 0.05) is 6.04 Å². The summed E-state index contributed by atoms with van der Waals surface area (Å²) in [6.45, 7) is 2.24. The summed E-state index contributed by atoms with van der Waals surface area (Å²) in [4.78, 5) is 18.7. The SMILES string of the molecule is CC1CCCC(Nc2cncc(C(=O)O)n2)C1. The van der Waals surface area contributed by atoms with Crippen molar-refractivity contribution >= 4 is 11.8 Å². The van der Waals surface area contributed by atoms with Crippen LogP contribution < -0.4 is 5.32 Å². The first-order chi connectivity index (χ1) is 8.15. The van der Waals surface area contributed by atoms with Gasteiger partial charge < -0.3 is 10.4 Å². The zero-order valence-corrected chi connectivity index (χ0v) is 9.89. The number of rotatable bonds is 3. The van der Waals surface area contributed by atoms with Crippen molar-refractivity contribution in [3.05, 3.63) is 18.1 Å². The molecule has 1 aromatic heterocycles. The molecule has 0 spiro atoms. The average molecular weight is 235 g/mol. The van der Waals surface area contributed by atoms with Crippen molar-refractivity contribution in [2.75, 3.05) is 5.32 Å². The Hall–Kier alpha value is -1.65. The Balaban J connectivity index is 2.02. The second-order valence-corrected chi connectivity index (χ2v) is 4.71. The number of hydrogen-bond acceptors (Lipinski definition) is 4. The number of aromatic carboxylic acids is 1. The molecule has 2 unspecified atom stereocenters. The van der Waals surface area contributed by atoms with Crippen molar-refractivity contribution in [2.24, 2.45) is 5.92 Å². The Kier molecular flexibility index (Phi) is 3.56. The number of anilines is 1. The van der Waals surface area contributed by atoms with E-state index in [0.29, 0.717) is 11.9 Å². The molecule has 2 atom stereocenters. The highest BCUT2D eigenvalue weighted by atomic mass is 16.4. The highest BCUT2D eigenvalue weighted by Crippen LogP contribution is 2.25. The van der Waals surface area contributed by atoms with Crippen LogP contribution in [-0.4, -0.2) is 27.1 Å². The Morgan fingerprint density at radius 3 is 3.00 bits per heavy atom. The Morgan fingerprint density at radius 2 is 2.29 bits per heavy atom. The number of hydrogen-bond donors (Lipinski definition) is 2. The van der Waals surface area contributed by atoms with Crippen LogP contribution in [0.2, 0.25) is 0 Å². The minimum atomic E-state index is -1.04. The number of nitrogens with one attached hydrogen (secondary N) is 1. The van der Waals surface area contributed by atoms with Crippen LogP contribution in [0.1, 0.15) is 43.1 Å². The first-order valence-corrected chi connectivity index (χ1v) is 5.97. The van der Waals surface area contributed by atoms with E-state index in [1.165, 1.54) is 19.0 Å². The number of aromatic nitrogens is 2. The van der Waals surface area contributed by atoms with Crippen molar-refractivity contribution in [1.82, 2.24) is 9.97 Å². The van der Waals surface area contributed by atoms with Crippen LogP contribution >= 0.6 is 0 Å². The van der Waals surface area contributed by atoms with Gasteiger partial charge in [-0.05, 0) is 18.8 Å². The highest BCUT2D eigenvalue weighted by molar-refractivity contribution is 5.85. The van der Waals surface area contributed by atoms with Gasteiger partial charge in [-0.1, -0.05) is 19.8 Å². The first kappa shape index (κ1) is 11.8. The smallest absolute Gasteiger partial charge is 0.356 e. The van der Waals surface area contributed by atoms with Gasteiger partial charge in [0.2, 0.25) is 0 Å². The topological polar surface area (TPSA) is 75.1 Å². The summed E-state index contributed by atoms with van der Waals surface area (Å²) >= 11 is 0. The van der Waals surface area contributed by atoms with Crippen molar-refractivity contribution in [1.29, 1.82) is 0 Å². The Morgan fingerprint density at radius 1 is 1.47 bits per heavy atom. The molecular formula is C12H17N3O2. The van der Waals surface area contributed by atoms with Gasteiger partial charge in [0.05, 0.1) is 12.4 Å². The lowest BCUT2D eigenvalue weighted by Crippen LogP contribution is -2.26. The second-order valence-electron chi connectivity index (χ2n) is 4.71. The molecule has 5 nitrogen and oxygen atoms in total. The molecule has 1 aliphatic rings. The lowest BCUT2D eigenvalue weighted by atomic mass is 9.87. The van der Waals surface area contributed by atoms with Crippen molar-refractivity contribution in [3.8, 4) is 0 Å². The molecule has 1 aliphatic carbocycles. The summed E-state index contributed by atoms with van der Waals surface area (Å²) in [7, 11) is 0. The van der Waals surface area contributed by atoms with Crippen LogP contribution in [-0.2, 0) is 0 Å². The molecule has 1 saturated carbocycles. The van der Waals surface area contributed by atoms with Crippen molar-refractivity contribution < 1.29 is 9.90 Å². The van der Waals surface area contributed by atoms with Gasteiger partial charge in [-0.2, -0.15) is 0 Å². The largest absolute Gasteiger partial charge is 0.476 e. The molecule has 0 bridgehead atoms. The zero-order valence-electron chi connectivity index (χ0n) is 9.89. The summed E-state index contributed by atoms with van der Waals surface area (Å²) in [5.74, 6) is 0.235. The van der Waals surface area contributed by atoms with E-state index < -0.39 is 5.97 Å². The zero-order chi connectivity index (χ0) is 12.3. The lowest BCUT2D eigenvalue weighted by Gasteiger charge is -2.27. The first-order valence-electron chi connectivity index (χ1n) is 5.97. The Labute approximate surface area is 100 Å². The van der Waals surface area contributed by atoms with Gasteiger partial charge in [-0.3, -0.25) is 4.98 Å². The number of carboxylic acid groups (broad SMARTS) is 1. The molecule has 0 amide bonds. The molecule has 1 fully saturated rings. The predicted octanol–water partition coefficient (Wildman–Crippen LogP) is 2.17. The number of carbonyl (C=O) groups is 1. The summed E-state index contributed by atoms with van der Waals surface area (Å²) in [6.07, 6.45) is 7.55. The quantitative estimate of drug-likeness (QED) is 0.839. The molecule has 0 aromatic carbocycles. The summed E-state index contributed by atoms with van der Waals surface area (Å²) in [5, 5.41) is 12.1. The van der Waals surface area contributed by atoms with E-state index in [1.807, 2.05) is 0 Å². The minimum Gasteiger partial charge on any atom is -0.476 e. The van der Waals surface area contributed by atoms with E-state index in [1.54, 1.807) is 6.20 Å². The number of carboxylic acids is 1. The van der Waals surface area contributed by atoms with Crippen molar-refractivity contribution in [3.63, 3.8) is 0 Å². The Bertz CT molecular complexity index is 408. The monoisotopic (exact) mass is 235 g/mol. The third-order valence-electron chi connectivity index (χ3n) is 3.14. The van der Waals surface area contributed by atoms with E-state index in [2.05, 4.69) is 22.2 Å². The summed E-state index contributed by atoms with van der Waals surface area (Å²) in [6, 6.07) is 0.386. The molecule has 2 N–H and O–H groups in total. The van der Waals surface area contributed by atoms with Crippen LogP contribution in [0.25, 0.3) is 0 Å². The van der Waals surface area contributed by atoms with E-state index in [-0.39, 0.29) is 5.69 Å². The molecule has 5 heteroatoms. The summed E-state index contributed by atoms with van der Waals surface area (Å²) < 4.78 is 0. The van der Waals surface area contributed by atoms with Gasteiger partial charge in [-0.15, -0.1) is 0 Å². The fourth-order valence-corrected chi connectivity index (χ4v) is 2.31. The maximum Gasteiger partial charge on any atom is 0.356 e. The third-order valence-corrected chi connectivity index (χ3v) is 3.14. The lowest BCUT2D eigenvalue weighted by molar-refractivity contribution is 0.0690. The standard InChI is InChI=1S/C12H17N3O2/c1-8-3-2-4-9(5-8)14-11-7-13-6-10(15-11)12(16)17/h6-9H,2-5H2,1H3,(H,14,15)(H,16,17). The average Bonchev–Trinajstić information content (AvgIpc) is 2.29. The van der Waals surface area contributed by atoms with Gasteiger partial charge in [-0.25, -0.2) is 9.78 Å². The molecule has 1 aromatic rings. The third kappa shape index (κ3) is 3.15. The van der Waals surface area contributed by atoms with E-state index >= 15 is 0 Å². The number of nitrogens with zero attached hydrogens (tertiary/aromatic N) is 2. The molecule has 92 valence electrons. The van der Waals surface area contributed by atoms with E-state index in [0.717, 1.165) is 18.8 Å². The van der Waals surface area contributed by atoms with Crippen LogP contribution in [0, 0.1) is 5.92 Å². The molecule has 2 rings (SSSR count). The van der Waals surface area contributed by atoms with Crippen LogP contribution in [0.4, 0.5) is 5.82 Å². The molecular weight excluding hydrogens is 218 g/mol. The molecule has 17 heavy (non-hydrogen) atoms. The normalized spacial score (nSPS) is 24.3. The van der Waals surface area contributed by atoms with E-state index in [4.69, 9.17) is 5.11 Å². The molecule has 0 radical (unpaired) electrons. The minimum absolute atomic E-state index is 0.0149.